The summed E-state index contributed by atoms with van der Waals surface area (Å²) in [5, 5.41) is 9.32. The molecule has 0 fully saturated rings. The highest BCUT2D eigenvalue weighted by Crippen LogP contribution is 2.45. The van der Waals surface area contributed by atoms with Crippen LogP contribution in [0.3, 0.4) is 0 Å². The van der Waals surface area contributed by atoms with Gasteiger partial charge in [-0.3, -0.25) is 0 Å². The molecule has 0 amide bonds. The van der Waals surface area contributed by atoms with E-state index in [1.807, 2.05) is 12.1 Å². The first-order chi connectivity index (χ1) is 29.2. The van der Waals surface area contributed by atoms with Crippen molar-refractivity contribution in [3.8, 4) is 33.4 Å². The third-order valence-electron chi connectivity index (χ3n) is 11.8. The highest BCUT2D eigenvalue weighted by atomic mass is 16.3. The second-order valence-electron chi connectivity index (χ2n) is 15.3. The van der Waals surface area contributed by atoms with Gasteiger partial charge in [0.05, 0.1) is 5.69 Å². The number of anilines is 3. The molecule has 3 heteroatoms. The monoisotopic (exact) mass is 753 g/mol. The van der Waals surface area contributed by atoms with Gasteiger partial charge >= 0.3 is 0 Å². The number of fused-ring (bicyclic) bond motifs is 8. The van der Waals surface area contributed by atoms with E-state index in [1.165, 1.54) is 27.1 Å². The summed E-state index contributed by atoms with van der Waals surface area (Å²) in [6.07, 6.45) is 0. The zero-order chi connectivity index (χ0) is 38.9. The number of hydrogen-bond donors (Lipinski definition) is 0. The Morgan fingerprint density at radius 1 is 0.288 bits per heavy atom. The van der Waals surface area contributed by atoms with Crippen LogP contribution in [-0.4, -0.2) is 0 Å². The van der Waals surface area contributed by atoms with Crippen LogP contribution in [0.2, 0.25) is 0 Å². The molecule has 12 aromatic rings. The van der Waals surface area contributed by atoms with E-state index < -0.39 is 0 Å². The van der Waals surface area contributed by atoms with Gasteiger partial charge in [-0.2, -0.15) is 0 Å². The maximum atomic E-state index is 6.43. The Kier molecular flexibility index (Phi) is 7.54. The quantitative estimate of drug-likeness (QED) is 0.169. The normalized spacial score (nSPS) is 11.7. The summed E-state index contributed by atoms with van der Waals surface area (Å²) in [6.45, 7) is 0. The van der Waals surface area contributed by atoms with E-state index in [4.69, 9.17) is 8.83 Å². The van der Waals surface area contributed by atoms with Gasteiger partial charge in [-0.1, -0.05) is 140 Å². The lowest BCUT2D eigenvalue weighted by atomic mass is 9.97. The predicted molar refractivity (Wildman–Crippen MR) is 247 cm³/mol. The first-order valence-corrected chi connectivity index (χ1v) is 20.1. The number of furan rings is 2. The van der Waals surface area contributed by atoms with Crippen LogP contribution in [-0.2, 0) is 0 Å². The topological polar surface area (TPSA) is 29.5 Å². The van der Waals surface area contributed by atoms with Gasteiger partial charge in [0.25, 0.3) is 0 Å². The van der Waals surface area contributed by atoms with Crippen molar-refractivity contribution in [3.63, 3.8) is 0 Å². The molecule has 0 bridgehead atoms. The van der Waals surface area contributed by atoms with Gasteiger partial charge in [-0.15, -0.1) is 0 Å². The van der Waals surface area contributed by atoms with Crippen molar-refractivity contribution in [2.24, 2.45) is 0 Å². The second-order valence-corrected chi connectivity index (χ2v) is 15.3. The van der Waals surface area contributed by atoms with Gasteiger partial charge in [0.15, 0.2) is 0 Å². The molecule has 0 saturated carbocycles. The summed E-state index contributed by atoms with van der Waals surface area (Å²) in [4.78, 5) is 2.39. The Morgan fingerprint density at radius 3 is 1.78 bits per heavy atom. The third kappa shape index (κ3) is 5.59. The van der Waals surface area contributed by atoms with Crippen molar-refractivity contribution < 1.29 is 8.83 Å². The Labute approximate surface area is 340 Å². The van der Waals surface area contributed by atoms with E-state index in [-0.39, 0.29) is 0 Å². The minimum atomic E-state index is 0.882. The number of benzene rings is 10. The van der Waals surface area contributed by atoms with Crippen molar-refractivity contribution in [1.29, 1.82) is 0 Å². The van der Waals surface area contributed by atoms with Gasteiger partial charge in [-0.25, -0.2) is 0 Å². The molecule has 0 spiro atoms. The van der Waals surface area contributed by atoms with Crippen LogP contribution in [0.1, 0.15) is 0 Å². The molecule has 0 saturated heterocycles. The van der Waals surface area contributed by atoms with Gasteiger partial charge in [0.1, 0.15) is 22.3 Å². The maximum absolute atomic E-state index is 6.43. The average Bonchev–Trinajstić information content (AvgIpc) is 3.86. The number of para-hydroxylation sites is 2. The van der Waals surface area contributed by atoms with Crippen LogP contribution >= 0.6 is 0 Å². The van der Waals surface area contributed by atoms with Gasteiger partial charge < -0.3 is 13.7 Å². The van der Waals surface area contributed by atoms with Gasteiger partial charge in [0, 0.05) is 38.5 Å². The van der Waals surface area contributed by atoms with E-state index in [2.05, 4.69) is 205 Å². The Morgan fingerprint density at radius 2 is 0.898 bits per heavy atom. The Hall–Kier alpha value is -7.88. The van der Waals surface area contributed by atoms with Crippen molar-refractivity contribution in [2.75, 3.05) is 4.90 Å². The molecule has 276 valence electrons. The second kappa shape index (κ2) is 13.4. The molecule has 0 aliphatic heterocycles. The summed E-state index contributed by atoms with van der Waals surface area (Å²) in [6, 6.07) is 76.0. The van der Waals surface area contributed by atoms with E-state index in [0.29, 0.717) is 0 Å². The minimum absolute atomic E-state index is 0.882. The molecule has 12 rings (SSSR count). The molecular formula is C56H35NO2. The first kappa shape index (κ1) is 33.3. The molecule has 0 aliphatic rings. The third-order valence-corrected chi connectivity index (χ3v) is 11.8. The lowest BCUT2D eigenvalue weighted by Crippen LogP contribution is -2.11. The smallest absolute Gasteiger partial charge is 0.136 e. The van der Waals surface area contributed by atoms with Gasteiger partial charge in [0.2, 0.25) is 0 Å². The molecule has 0 aliphatic carbocycles. The molecule has 2 heterocycles. The summed E-state index contributed by atoms with van der Waals surface area (Å²) in [5.74, 6) is 0. The molecule has 3 nitrogen and oxygen atoms in total. The molecule has 0 unspecified atom stereocenters. The van der Waals surface area contributed by atoms with Crippen molar-refractivity contribution >= 4 is 82.5 Å². The minimum Gasteiger partial charge on any atom is -0.456 e. The summed E-state index contributed by atoms with van der Waals surface area (Å²) >= 11 is 0. The fourth-order valence-electron chi connectivity index (χ4n) is 8.97. The molecule has 59 heavy (non-hydrogen) atoms. The summed E-state index contributed by atoms with van der Waals surface area (Å²) in [5.41, 5.74) is 13.6. The molecule has 0 radical (unpaired) electrons. The molecule has 10 aromatic carbocycles. The standard InChI is InChI=1S/C56H35NO2/c1-2-12-38-31-42(24-23-36(38)11-1)39-15-9-16-45(32-39)57(44-28-25-37(26-29-44)47-19-10-22-54-56(47)48-18-6-8-21-52(48)58-54)51-20-7-5-17-46(51)43-27-30-53-49(34-43)50-33-40-13-3-4-14-41(40)35-55(50)59-53/h1-35H. The predicted octanol–water partition coefficient (Wildman–Crippen LogP) is 16.3. The first-order valence-electron chi connectivity index (χ1n) is 20.1. The SMILES string of the molecule is c1cc(-c2ccc3ccccc3c2)cc(N(c2ccc(-c3cccc4oc5ccccc5c34)cc2)c2ccccc2-c2ccc3oc4cc5ccccc5cc4c3c2)c1. The van der Waals surface area contributed by atoms with E-state index in [0.717, 1.165) is 88.8 Å². The average molecular weight is 754 g/mol. The van der Waals surface area contributed by atoms with E-state index in [1.54, 1.807) is 0 Å². The molecule has 2 aromatic heterocycles. The number of hydrogen-bond acceptors (Lipinski definition) is 3. The summed E-state index contributed by atoms with van der Waals surface area (Å²) < 4.78 is 12.7. The highest BCUT2D eigenvalue weighted by Gasteiger charge is 2.20. The van der Waals surface area contributed by atoms with Crippen LogP contribution in [0, 0.1) is 0 Å². The lowest BCUT2D eigenvalue weighted by Gasteiger charge is -2.28. The van der Waals surface area contributed by atoms with Crippen LogP contribution in [0.5, 0.6) is 0 Å². The van der Waals surface area contributed by atoms with E-state index in [9.17, 15) is 0 Å². The fourth-order valence-corrected chi connectivity index (χ4v) is 8.97. The molecule has 0 atom stereocenters. The number of nitrogens with zero attached hydrogens (tertiary/aromatic N) is 1. The van der Waals surface area contributed by atoms with Crippen LogP contribution in [0.4, 0.5) is 17.1 Å². The largest absolute Gasteiger partial charge is 0.456 e. The zero-order valence-electron chi connectivity index (χ0n) is 32.0. The fraction of sp³-hybridized carbons (Fsp3) is 0. The number of rotatable bonds is 6. The summed E-state index contributed by atoms with van der Waals surface area (Å²) in [7, 11) is 0. The van der Waals surface area contributed by atoms with Crippen LogP contribution < -0.4 is 4.90 Å². The van der Waals surface area contributed by atoms with E-state index >= 15 is 0 Å². The van der Waals surface area contributed by atoms with Gasteiger partial charge in [-0.05, 0) is 122 Å². The molecule has 0 N–H and O–H groups in total. The van der Waals surface area contributed by atoms with Crippen molar-refractivity contribution in [1.82, 2.24) is 0 Å². The van der Waals surface area contributed by atoms with Crippen LogP contribution in [0.25, 0.3) is 98.8 Å². The van der Waals surface area contributed by atoms with Crippen LogP contribution in [0.15, 0.2) is 221 Å². The molecular weight excluding hydrogens is 719 g/mol. The lowest BCUT2D eigenvalue weighted by molar-refractivity contribution is 0.669. The Balaban J connectivity index is 1.03. The highest BCUT2D eigenvalue weighted by molar-refractivity contribution is 6.13. The van der Waals surface area contributed by atoms with Crippen molar-refractivity contribution in [3.05, 3.63) is 212 Å². The maximum Gasteiger partial charge on any atom is 0.136 e. The Bertz CT molecular complexity index is 3570. The zero-order valence-corrected chi connectivity index (χ0v) is 32.0. The van der Waals surface area contributed by atoms with Crippen molar-refractivity contribution in [2.45, 2.75) is 0 Å².